The molecule has 0 radical (unpaired) electrons. The van der Waals surface area contributed by atoms with E-state index in [1.807, 2.05) is 47.0 Å². The minimum Gasteiger partial charge on any atom is -0.493 e. The van der Waals surface area contributed by atoms with Crippen molar-refractivity contribution < 1.29 is 19.0 Å². The maximum absolute atomic E-state index is 13.0. The average Bonchev–Trinajstić information content (AvgIpc) is 3.15. The van der Waals surface area contributed by atoms with Gasteiger partial charge in [-0.15, -0.1) is 6.42 Å². The number of aromatic nitrogens is 1. The van der Waals surface area contributed by atoms with Gasteiger partial charge in [-0.25, -0.2) is 0 Å². The number of nitrogens with zero attached hydrogens (tertiary/aromatic N) is 2. The zero-order valence-electron chi connectivity index (χ0n) is 17.6. The number of para-hydroxylation sites is 1. The Kier molecular flexibility index (Phi) is 6.24. The summed E-state index contributed by atoms with van der Waals surface area (Å²) in [7, 11) is 3.15. The Bertz CT molecular complexity index is 1380. The van der Waals surface area contributed by atoms with Crippen LogP contribution in [0.1, 0.15) is 10.4 Å². The molecule has 0 aliphatic carbocycles. The molecule has 160 valence electrons. The van der Waals surface area contributed by atoms with Crippen molar-refractivity contribution in [1.82, 2.24) is 4.57 Å². The molecule has 7 heteroatoms. The lowest BCUT2D eigenvalue weighted by molar-refractivity contribution is 0.0997. The Morgan fingerprint density at radius 3 is 2.44 bits per heavy atom. The van der Waals surface area contributed by atoms with E-state index in [-0.39, 0.29) is 12.5 Å². The van der Waals surface area contributed by atoms with Crippen LogP contribution in [0.5, 0.6) is 23.0 Å². The lowest BCUT2D eigenvalue weighted by Crippen LogP contribution is -2.16. The van der Waals surface area contributed by atoms with Crippen LogP contribution in [0.25, 0.3) is 10.2 Å². The van der Waals surface area contributed by atoms with Gasteiger partial charge in [0.25, 0.3) is 5.91 Å². The topological polar surface area (TPSA) is 62.1 Å². The molecule has 1 aromatic heterocycles. The Morgan fingerprint density at radius 1 is 1.00 bits per heavy atom. The average molecular weight is 445 g/mol. The number of carbonyl (C=O) groups excluding carboxylic acids is 1. The van der Waals surface area contributed by atoms with Gasteiger partial charge >= 0.3 is 0 Å². The van der Waals surface area contributed by atoms with E-state index in [1.54, 1.807) is 38.5 Å². The van der Waals surface area contributed by atoms with Gasteiger partial charge in [-0.05, 0) is 30.3 Å². The van der Waals surface area contributed by atoms with Crippen LogP contribution in [-0.2, 0) is 6.54 Å². The summed E-state index contributed by atoms with van der Waals surface area (Å²) in [6.45, 7) is 0.263. The molecule has 0 fully saturated rings. The molecule has 0 aliphatic rings. The van der Waals surface area contributed by atoms with E-state index in [0.29, 0.717) is 33.4 Å². The third kappa shape index (κ3) is 4.36. The van der Waals surface area contributed by atoms with Gasteiger partial charge in [0, 0.05) is 17.7 Å². The van der Waals surface area contributed by atoms with Gasteiger partial charge in [0.05, 0.1) is 31.0 Å². The van der Waals surface area contributed by atoms with Gasteiger partial charge in [0.15, 0.2) is 16.3 Å². The molecule has 4 rings (SSSR count). The number of hydrogen-bond donors (Lipinski definition) is 0. The molecule has 0 unspecified atom stereocenters. The van der Waals surface area contributed by atoms with Crippen LogP contribution < -0.4 is 19.0 Å². The molecule has 0 bridgehead atoms. The molecule has 4 aromatic rings. The molecule has 32 heavy (non-hydrogen) atoms. The van der Waals surface area contributed by atoms with Gasteiger partial charge in [-0.3, -0.25) is 4.79 Å². The molecular formula is C25H20N2O4S. The lowest BCUT2D eigenvalue weighted by Gasteiger charge is -2.08. The van der Waals surface area contributed by atoms with Crippen LogP contribution in [0.15, 0.2) is 71.7 Å². The monoisotopic (exact) mass is 444 g/mol. The molecule has 0 aliphatic heterocycles. The predicted octanol–water partition coefficient (Wildman–Crippen LogP) is 4.89. The van der Waals surface area contributed by atoms with Crippen LogP contribution in [0, 0.1) is 12.3 Å². The summed E-state index contributed by atoms with van der Waals surface area (Å²) in [6.07, 6.45) is 5.58. The largest absolute Gasteiger partial charge is 0.493 e. The third-order valence-electron chi connectivity index (χ3n) is 4.69. The highest BCUT2D eigenvalue weighted by atomic mass is 32.1. The molecule has 3 aromatic carbocycles. The number of ether oxygens (including phenoxy) is 3. The summed E-state index contributed by atoms with van der Waals surface area (Å²) in [5.41, 5.74) is 1.23. The fourth-order valence-electron chi connectivity index (χ4n) is 3.19. The second kappa shape index (κ2) is 9.41. The molecule has 0 N–H and O–H groups in total. The van der Waals surface area contributed by atoms with Crippen molar-refractivity contribution in [3.63, 3.8) is 0 Å². The summed E-state index contributed by atoms with van der Waals surface area (Å²) >= 11 is 1.36. The van der Waals surface area contributed by atoms with Crippen molar-refractivity contribution in [1.29, 1.82) is 0 Å². The molecule has 0 saturated heterocycles. The fourth-order valence-corrected chi connectivity index (χ4v) is 4.23. The number of rotatable bonds is 6. The minimum absolute atomic E-state index is 0.263. The van der Waals surface area contributed by atoms with E-state index in [1.165, 1.54) is 11.3 Å². The van der Waals surface area contributed by atoms with E-state index >= 15 is 0 Å². The van der Waals surface area contributed by atoms with Crippen LogP contribution >= 0.6 is 11.3 Å². The Hall–Kier alpha value is -4.02. The number of hydrogen-bond acceptors (Lipinski definition) is 5. The van der Waals surface area contributed by atoms with Crippen molar-refractivity contribution >= 4 is 27.5 Å². The van der Waals surface area contributed by atoms with E-state index in [4.69, 9.17) is 20.6 Å². The van der Waals surface area contributed by atoms with Crippen LogP contribution in [0.3, 0.4) is 0 Å². The molecule has 1 amide bonds. The lowest BCUT2D eigenvalue weighted by atomic mass is 10.2. The molecule has 0 saturated carbocycles. The normalized spacial score (nSPS) is 11.2. The van der Waals surface area contributed by atoms with E-state index in [9.17, 15) is 4.79 Å². The summed E-state index contributed by atoms with van der Waals surface area (Å²) in [5, 5.41) is 0. The minimum atomic E-state index is -0.389. The predicted molar refractivity (Wildman–Crippen MR) is 125 cm³/mol. The van der Waals surface area contributed by atoms with Crippen LogP contribution in [0.4, 0.5) is 0 Å². The fraction of sp³-hybridized carbons (Fsp3) is 0.120. The Morgan fingerprint density at radius 2 is 1.72 bits per heavy atom. The SMILES string of the molecule is C#CCn1c(=NC(=O)c2cccc(Oc3ccccc3)c2)sc2cc(OC)c(OC)cc21. The first-order valence-electron chi connectivity index (χ1n) is 9.74. The highest BCUT2D eigenvalue weighted by Crippen LogP contribution is 2.33. The number of fused-ring (bicyclic) bond motifs is 1. The summed E-state index contributed by atoms with van der Waals surface area (Å²) in [5.74, 6) is 4.65. The number of amides is 1. The summed E-state index contributed by atoms with van der Waals surface area (Å²) < 4.78 is 19.3. The summed E-state index contributed by atoms with van der Waals surface area (Å²) in [6, 6.07) is 20.0. The molecule has 1 heterocycles. The zero-order valence-corrected chi connectivity index (χ0v) is 18.4. The van der Waals surface area contributed by atoms with Crippen LogP contribution in [-0.4, -0.2) is 24.7 Å². The van der Waals surface area contributed by atoms with Crippen molar-refractivity contribution in [2.45, 2.75) is 6.54 Å². The number of carbonyl (C=O) groups is 1. The summed E-state index contributed by atoms with van der Waals surface area (Å²) in [4.78, 5) is 17.8. The van der Waals surface area contributed by atoms with E-state index < -0.39 is 0 Å². The van der Waals surface area contributed by atoms with Gasteiger partial charge < -0.3 is 18.8 Å². The Balaban J connectivity index is 1.74. The maximum atomic E-state index is 13.0. The molecule has 6 nitrogen and oxygen atoms in total. The van der Waals surface area contributed by atoms with Gasteiger partial charge in [0.1, 0.15) is 11.5 Å². The second-order valence-corrected chi connectivity index (χ2v) is 7.72. The van der Waals surface area contributed by atoms with E-state index in [2.05, 4.69) is 10.9 Å². The van der Waals surface area contributed by atoms with Gasteiger partial charge in [0.2, 0.25) is 0 Å². The molecular weight excluding hydrogens is 424 g/mol. The first-order chi connectivity index (χ1) is 15.6. The maximum Gasteiger partial charge on any atom is 0.279 e. The van der Waals surface area contributed by atoms with Crippen molar-refractivity contribution in [2.75, 3.05) is 14.2 Å². The standard InChI is InChI=1S/C25H20N2O4S/c1-4-13-27-20-15-21(29-2)22(30-3)16-23(20)32-25(27)26-24(28)17-9-8-12-19(14-17)31-18-10-6-5-7-11-18/h1,5-12,14-16H,13H2,2-3H3. The first-order valence-corrected chi connectivity index (χ1v) is 10.6. The van der Waals surface area contributed by atoms with Crippen molar-refractivity contribution in [3.8, 4) is 35.3 Å². The first kappa shape index (κ1) is 21.2. The Labute approximate surface area is 189 Å². The highest BCUT2D eigenvalue weighted by molar-refractivity contribution is 7.16. The van der Waals surface area contributed by atoms with Gasteiger partial charge in [-0.2, -0.15) is 4.99 Å². The highest BCUT2D eigenvalue weighted by Gasteiger charge is 2.14. The second-order valence-electron chi connectivity index (χ2n) is 6.71. The van der Waals surface area contributed by atoms with Crippen molar-refractivity contribution in [2.24, 2.45) is 4.99 Å². The molecule has 0 spiro atoms. The quantitative estimate of drug-likeness (QED) is 0.398. The number of benzene rings is 3. The number of methoxy groups -OCH3 is 2. The van der Waals surface area contributed by atoms with Gasteiger partial charge in [-0.1, -0.05) is 41.5 Å². The smallest absolute Gasteiger partial charge is 0.279 e. The van der Waals surface area contributed by atoms with Crippen molar-refractivity contribution in [3.05, 3.63) is 77.1 Å². The zero-order chi connectivity index (χ0) is 22.5. The van der Waals surface area contributed by atoms with Crippen LogP contribution in [0.2, 0.25) is 0 Å². The number of thiazole rings is 1. The molecule has 0 atom stereocenters. The van der Waals surface area contributed by atoms with E-state index in [0.717, 1.165) is 10.2 Å². The number of terminal acetylenes is 1. The third-order valence-corrected chi connectivity index (χ3v) is 5.74.